The van der Waals surface area contributed by atoms with Crippen LogP contribution >= 0.6 is 0 Å². The molecule has 25 heavy (non-hydrogen) atoms. The Morgan fingerprint density at radius 1 is 1.00 bits per heavy atom. The lowest BCUT2D eigenvalue weighted by Gasteiger charge is -2.16. The summed E-state index contributed by atoms with van der Waals surface area (Å²) in [6.45, 7) is 0.472. The van der Waals surface area contributed by atoms with Crippen molar-refractivity contribution in [3.63, 3.8) is 0 Å². The molecule has 5 nitrogen and oxygen atoms in total. The number of amides is 2. The molecule has 2 aromatic carbocycles. The molecule has 1 fully saturated rings. The molecule has 2 aromatic rings. The highest BCUT2D eigenvalue weighted by atomic mass is 16.5. The Kier molecular flexibility index (Phi) is 2.95. The minimum Gasteiger partial charge on any atom is -0.488 e. The maximum atomic E-state index is 12.4. The lowest BCUT2D eigenvalue weighted by Crippen LogP contribution is -2.33. The predicted molar refractivity (Wildman–Crippen MR) is 90.0 cm³/mol. The van der Waals surface area contributed by atoms with Gasteiger partial charge in [0.15, 0.2) is 11.5 Å². The summed E-state index contributed by atoms with van der Waals surface area (Å²) in [7, 11) is 0. The number of ether oxygens (including phenoxy) is 2. The Hall–Kier alpha value is -2.82. The highest BCUT2D eigenvalue weighted by molar-refractivity contribution is 6.21. The molecule has 0 aromatic heterocycles. The number of hydrogen-bond donors (Lipinski definition) is 0. The maximum Gasteiger partial charge on any atom is 0.261 e. The Morgan fingerprint density at radius 2 is 1.72 bits per heavy atom. The van der Waals surface area contributed by atoms with E-state index in [-0.39, 0.29) is 30.6 Å². The number of nitrogens with zero attached hydrogens (tertiary/aromatic N) is 1. The second-order valence-corrected chi connectivity index (χ2v) is 6.86. The third-order valence-corrected chi connectivity index (χ3v) is 5.15. The number of imide groups is 1. The number of rotatable bonds is 4. The van der Waals surface area contributed by atoms with E-state index in [0.29, 0.717) is 16.9 Å². The van der Waals surface area contributed by atoms with Gasteiger partial charge in [-0.2, -0.15) is 0 Å². The van der Waals surface area contributed by atoms with Crippen molar-refractivity contribution in [2.24, 2.45) is 0 Å². The van der Waals surface area contributed by atoms with Gasteiger partial charge in [0.05, 0.1) is 17.7 Å². The molecular formula is C20H17NO4. The number of hydrogen-bond acceptors (Lipinski definition) is 4. The fraction of sp³-hybridized carbons (Fsp3) is 0.300. The van der Waals surface area contributed by atoms with E-state index in [9.17, 15) is 9.59 Å². The quantitative estimate of drug-likeness (QED) is 0.806. The number of para-hydroxylation sites is 1. The lowest BCUT2D eigenvalue weighted by atomic mass is 10.1. The average Bonchev–Trinajstić information content (AvgIpc) is 3.19. The topological polar surface area (TPSA) is 55.8 Å². The molecule has 2 amide bonds. The van der Waals surface area contributed by atoms with E-state index in [1.165, 1.54) is 10.5 Å². The molecule has 0 unspecified atom stereocenters. The van der Waals surface area contributed by atoms with Gasteiger partial charge in [-0.15, -0.1) is 0 Å². The van der Waals surface area contributed by atoms with E-state index >= 15 is 0 Å². The van der Waals surface area contributed by atoms with E-state index < -0.39 is 0 Å². The first-order valence-corrected chi connectivity index (χ1v) is 8.56. The van der Waals surface area contributed by atoms with Gasteiger partial charge in [-0.05, 0) is 31.0 Å². The zero-order valence-corrected chi connectivity index (χ0v) is 13.7. The van der Waals surface area contributed by atoms with E-state index in [1.807, 2.05) is 12.1 Å². The molecule has 2 heterocycles. The summed E-state index contributed by atoms with van der Waals surface area (Å²) >= 11 is 0. The van der Waals surface area contributed by atoms with E-state index in [4.69, 9.17) is 9.47 Å². The summed E-state index contributed by atoms with van der Waals surface area (Å²) in [5.74, 6) is 1.01. The van der Waals surface area contributed by atoms with Gasteiger partial charge in [0.1, 0.15) is 12.2 Å². The molecule has 0 saturated heterocycles. The van der Waals surface area contributed by atoms with Gasteiger partial charge >= 0.3 is 0 Å². The molecule has 5 rings (SSSR count). The van der Waals surface area contributed by atoms with Crippen LogP contribution in [0.5, 0.6) is 11.5 Å². The SMILES string of the molecule is O=C1c2ccccc2C(=O)N1CCOc1cccc2c1OC1(CC1)C2. The highest BCUT2D eigenvalue weighted by Crippen LogP contribution is 2.52. The molecule has 3 aliphatic rings. The van der Waals surface area contributed by atoms with Crippen molar-refractivity contribution in [3.8, 4) is 11.5 Å². The van der Waals surface area contributed by atoms with Gasteiger partial charge in [-0.25, -0.2) is 0 Å². The molecule has 1 saturated carbocycles. The van der Waals surface area contributed by atoms with Gasteiger partial charge in [-0.1, -0.05) is 24.3 Å². The first-order chi connectivity index (χ1) is 12.2. The summed E-state index contributed by atoms with van der Waals surface area (Å²) in [5, 5.41) is 0. The third-order valence-electron chi connectivity index (χ3n) is 5.15. The summed E-state index contributed by atoms with van der Waals surface area (Å²) in [5.41, 5.74) is 2.11. The smallest absolute Gasteiger partial charge is 0.261 e. The zero-order chi connectivity index (χ0) is 17.0. The lowest BCUT2D eigenvalue weighted by molar-refractivity contribution is 0.0630. The minimum atomic E-state index is -0.254. The Morgan fingerprint density at radius 3 is 2.40 bits per heavy atom. The number of fused-ring (bicyclic) bond motifs is 2. The normalized spacial score (nSPS) is 19.0. The summed E-state index contributed by atoms with van der Waals surface area (Å²) in [4.78, 5) is 26.0. The number of benzene rings is 2. The second-order valence-electron chi connectivity index (χ2n) is 6.86. The monoisotopic (exact) mass is 335 g/mol. The van der Waals surface area contributed by atoms with Crippen LogP contribution < -0.4 is 9.47 Å². The second kappa shape index (κ2) is 5.09. The van der Waals surface area contributed by atoms with E-state index in [0.717, 1.165) is 25.0 Å². The Bertz CT molecular complexity index is 865. The van der Waals surface area contributed by atoms with Crippen molar-refractivity contribution in [1.29, 1.82) is 0 Å². The minimum absolute atomic E-state index is 0.00429. The summed E-state index contributed by atoms with van der Waals surface area (Å²) < 4.78 is 11.9. The molecule has 5 heteroatoms. The van der Waals surface area contributed by atoms with Gasteiger partial charge in [0, 0.05) is 12.0 Å². The van der Waals surface area contributed by atoms with Crippen LogP contribution in [0.3, 0.4) is 0 Å². The number of carbonyl (C=O) groups is 2. The third kappa shape index (κ3) is 2.22. The van der Waals surface area contributed by atoms with Crippen LogP contribution in [-0.4, -0.2) is 35.5 Å². The van der Waals surface area contributed by atoms with Crippen LogP contribution in [0.4, 0.5) is 0 Å². The van der Waals surface area contributed by atoms with Crippen LogP contribution in [0, 0.1) is 0 Å². The van der Waals surface area contributed by atoms with Crippen molar-refractivity contribution < 1.29 is 19.1 Å². The molecule has 0 atom stereocenters. The van der Waals surface area contributed by atoms with Crippen molar-refractivity contribution in [2.45, 2.75) is 24.9 Å². The molecule has 0 bridgehead atoms. The maximum absolute atomic E-state index is 12.4. The summed E-state index contributed by atoms with van der Waals surface area (Å²) in [6, 6.07) is 12.8. The van der Waals surface area contributed by atoms with Crippen LogP contribution in [0.1, 0.15) is 39.1 Å². The van der Waals surface area contributed by atoms with Crippen LogP contribution in [0.25, 0.3) is 0 Å². The molecule has 1 spiro atoms. The first-order valence-electron chi connectivity index (χ1n) is 8.56. The Balaban J connectivity index is 1.28. The molecule has 2 aliphatic heterocycles. The molecule has 1 aliphatic carbocycles. The van der Waals surface area contributed by atoms with Gasteiger partial charge in [-0.3, -0.25) is 14.5 Å². The summed E-state index contributed by atoms with van der Waals surface area (Å²) in [6.07, 6.45) is 3.13. The van der Waals surface area contributed by atoms with Crippen LogP contribution in [0.15, 0.2) is 42.5 Å². The van der Waals surface area contributed by atoms with Crippen LogP contribution in [-0.2, 0) is 6.42 Å². The molecule has 0 radical (unpaired) electrons. The Labute approximate surface area is 145 Å². The van der Waals surface area contributed by atoms with Crippen molar-refractivity contribution >= 4 is 11.8 Å². The van der Waals surface area contributed by atoms with Crippen LogP contribution in [0.2, 0.25) is 0 Å². The van der Waals surface area contributed by atoms with Gasteiger partial charge in [0.2, 0.25) is 0 Å². The fourth-order valence-corrected chi connectivity index (χ4v) is 3.64. The van der Waals surface area contributed by atoms with E-state index in [1.54, 1.807) is 24.3 Å². The largest absolute Gasteiger partial charge is 0.488 e. The molecule has 126 valence electrons. The predicted octanol–water partition coefficient (Wildman–Crippen LogP) is 2.83. The average molecular weight is 335 g/mol. The highest BCUT2D eigenvalue weighted by Gasteiger charge is 2.50. The molecular weight excluding hydrogens is 318 g/mol. The number of carbonyl (C=O) groups excluding carboxylic acids is 2. The van der Waals surface area contributed by atoms with Crippen molar-refractivity contribution in [1.82, 2.24) is 4.90 Å². The van der Waals surface area contributed by atoms with Crippen molar-refractivity contribution in [2.75, 3.05) is 13.2 Å². The van der Waals surface area contributed by atoms with E-state index in [2.05, 4.69) is 6.07 Å². The van der Waals surface area contributed by atoms with Crippen molar-refractivity contribution in [3.05, 3.63) is 59.2 Å². The molecule has 0 N–H and O–H groups in total. The zero-order valence-electron chi connectivity index (χ0n) is 13.7. The fourth-order valence-electron chi connectivity index (χ4n) is 3.64. The first kappa shape index (κ1) is 14.5. The van der Waals surface area contributed by atoms with Gasteiger partial charge < -0.3 is 9.47 Å². The standard InChI is InChI=1S/C20H17NO4/c22-18-14-5-1-2-6-15(14)19(23)21(18)10-11-24-16-7-3-4-13-12-20(8-9-20)25-17(13)16/h1-7H,8-12H2. The van der Waals surface area contributed by atoms with Gasteiger partial charge in [0.25, 0.3) is 11.8 Å².